The molecule has 2 aromatic heterocycles. The topological polar surface area (TPSA) is 68.3 Å². The van der Waals surface area contributed by atoms with Crippen LogP contribution in [0.15, 0.2) is 15.4 Å². The molecular formula is C18H23N3O3. The summed E-state index contributed by atoms with van der Waals surface area (Å²) in [4.78, 5) is 27.4. The maximum absolute atomic E-state index is 13.1. The van der Waals surface area contributed by atoms with Crippen LogP contribution in [0.2, 0.25) is 0 Å². The van der Waals surface area contributed by atoms with Crippen molar-refractivity contribution in [3.05, 3.63) is 50.3 Å². The van der Waals surface area contributed by atoms with Crippen molar-refractivity contribution in [3.8, 4) is 0 Å². The van der Waals surface area contributed by atoms with Gasteiger partial charge in [0.1, 0.15) is 11.3 Å². The molecule has 128 valence electrons. The summed E-state index contributed by atoms with van der Waals surface area (Å²) in [5.74, 6) is 0.534. The number of hydrogen-bond donors (Lipinski definition) is 0. The van der Waals surface area contributed by atoms with Gasteiger partial charge in [0.15, 0.2) is 0 Å². The molecule has 0 spiro atoms. The summed E-state index contributed by atoms with van der Waals surface area (Å²) in [7, 11) is 1.71. The molecule has 1 fully saturated rings. The summed E-state index contributed by atoms with van der Waals surface area (Å²) in [6.45, 7) is 8.20. The van der Waals surface area contributed by atoms with Crippen molar-refractivity contribution in [2.75, 3.05) is 6.54 Å². The van der Waals surface area contributed by atoms with Crippen LogP contribution in [0.3, 0.4) is 0 Å². The van der Waals surface area contributed by atoms with Crippen molar-refractivity contribution in [3.63, 3.8) is 0 Å². The number of pyridine rings is 1. The first kappa shape index (κ1) is 16.5. The Labute approximate surface area is 141 Å². The van der Waals surface area contributed by atoms with Crippen LogP contribution >= 0.6 is 0 Å². The smallest absolute Gasteiger partial charge is 0.263 e. The number of likely N-dealkylation sites (tertiary alicyclic amines) is 1. The van der Waals surface area contributed by atoms with Gasteiger partial charge in [-0.15, -0.1) is 0 Å². The van der Waals surface area contributed by atoms with E-state index in [1.807, 2.05) is 27.7 Å². The zero-order valence-corrected chi connectivity index (χ0v) is 14.8. The van der Waals surface area contributed by atoms with Gasteiger partial charge in [0.05, 0.1) is 11.7 Å². The molecule has 1 aliphatic heterocycles. The third kappa shape index (κ3) is 2.46. The number of hydrogen-bond acceptors (Lipinski definition) is 4. The Morgan fingerprint density at radius 2 is 2.00 bits per heavy atom. The van der Waals surface area contributed by atoms with E-state index in [0.29, 0.717) is 6.54 Å². The second-order valence-electron chi connectivity index (χ2n) is 6.59. The van der Waals surface area contributed by atoms with E-state index in [-0.39, 0.29) is 23.1 Å². The lowest BCUT2D eigenvalue weighted by molar-refractivity contribution is 0.0732. The molecule has 0 N–H and O–H groups in total. The molecule has 6 heteroatoms. The van der Waals surface area contributed by atoms with Crippen LogP contribution < -0.4 is 5.56 Å². The predicted molar refractivity (Wildman–Crippen MR) is 90.1 cm³/mol. The maximum atomic E-state index is 13.1. The first-order valence-electron chi connectivity index (χ1n) is 8.24. The lowest BCUT2D eigenvalue weighted by atomic mass is 10.0. The Balaban J connectivity index is 2.03. The Bertz CT molecular complexity index is 844. The summed E-state index contributed by atoms with van der Waals surface area (Å²) in [6, 6.07) is 1.64. The van der Waals surface area contributed by atoms with Gasteiger partial charge >= 0.3 is 0 Å². The van der Waals surface area contributed by atoms with Gasteiger partial charge < -0.3 is 14.0 Å². The van der Waals surface area contributed by atoms with E-state index < -0.39 is 0 Å². The minimum Gasteiger partial charge on any atom is -0.361 e. The molecule has 0 radical (unpaired) electrons. The second-order valence-corrected chi connectivity index (χ2v) is 6.59. The third-order valence-corrected chi connectivity index (χ3v) is 5.14. The molecule has 0 aliphatic carbocycles. The Morgan fingerprint density at radius 1 is 1.29 bits per heavy atom. The summed E-state index contributed by atoms with van der Waals surface area (Å²) in [6.07, 6.45) is 1.77. The van der Waals surface area contributed by atoms with Gasteiger partial charge in [-0.2, -0.15) is 0 Å². The van der Waals surface area contributed by atoms with Crippen LogP contribution in [0, 0.1) is 27.7 Å². The van der Waals surface area contributed by atoms with Crippen molar-refractivity contribution in [1.29, 1.82) is 0 Å². The van der Waals surface area contributed by atoms with E-state index in [9.17, 15) is 9.59 Å². The lowest BCUT2D eigenvalue weighted by Gasteiger charge is -2.25. The molecule has 1 saturated heterocycles. The molecule has 2 aromatic rings. The molecule has 1 atom stereocenters. The van der Waals surface area contributed by atoms with Gasteiger partial charge in [0.25, 0.3) is 11.5 Å². The van der Waals surface area contributed by atoms with Gasteiger partial charge in [0, 0.05) is 24.8 Å². The quantitative estimate of drug-likeness (QED) is 0.849. The molecular weight excluding hydrogens is 306 g/mol. The standard InChI is InChI=1S/C18H23N3O3/c1-10-9-14(17(22)20(5)12(10)3)18(23)21-8-6-7-15(21)16-11(2)19-24-13(16)4/h9,15H,6-8H2,1-5H3/t15-/m0/s1. The van der Waals surface area contributed by atoms with E-state index in [1.165, 1.54) is 0 Å². The fourth-order valence-electron chi connectivity index (χ4n) is 3.56. The Hall–Kier alpha value is -2.37. The fraction of sp³-hybridized carbons (Fsp3) is 0.500. The van der Waals surface area contributed by atoms with E-state index in [2.05, 4.69) is 5.16 Å². The second kappa shape index (κ2) is 5.92. The van der Waals surface area contributed by atoms with Crippen molar-refractivity contribution < 1.29 is 9.32 Å². The first-order valence-corrected chi connectivity index (χ1v) is 8.24. The molecule has 1 aliphatic rings. The van der Waals surface area contributed by atoms with Gasteiger partial charge in [0.2, 0.25) is 0 Å². The van der Waals surface area contributed by atoms with Crippen LogP contribution in [-0.2, 0) is 7.05 Å². The maximum Gasteiger partial charge on any atom is 0.263 e. The van der Waals surface area contributed by atoms with Crippen LogP contribution in [-0.4, -0.2) is 27.1 Å². The highest BCUT2D eigenvalue weighted by Crippen LogP contribution is 2.36. The summed E-state index contributed by atoms with van der Waals surface area (Å²) in [5, 5.41) is 4.01. The van der Waals surface area contributed by atoms with Gasteiger partial charge in [-0.3, -0.25) is 9.59 Å². The predicted octanol–water partition coefficient (Wildman–Crippen LogP) is 2.58. The van der Waals surface area contributed by atoms with Crippen molar-refractivity contribution in [2.45, 2.75) is 46.6 Å². The van der Waals surface area contributed by atoms with Crippen LogP contribution in [0.5, 0.6) is 0 Å². The largest absolute Gasteiger partial charge is 0.361 e. The van der Waals surface area contributed by atoms with Crippen LogP contribution in [0.4, 0.5) is 0 Å². The number of aryl methyl sites for hydroxylation is 3. The number of carbonyl (C=O) groups is 1. The molecule has 6 nitrogen and oxygen atoms in total. The van der Waals surface area contributed by atoms with E-state index in [0.717, 1.165) is 41.1 Å². The van der Waals surface area contributed by atoms with Crippen molar-refractivity contribution >= 4 is 5.91 Å². The zero-order chi connectivity index (χ0) is 17.6. The molecule has 0 bridgehead atoms. The van der Waals surface area contributed by atoms with E-state index in [1.54, 1.807) is 22.6 Å². The van der Waals surface area contributed by atoms with Crippen molar-refractivity contribution in [1.82, 2.24) is 14.6 Å². The average molecular weight is 329 g/mol. The minimum atomic E-state index is -0.243. The monoisotopic (exact) mass is 329 g/mol. The fourth-order valence-corrected chi connectivity index (χ4v) is 3.56. The lowest BCUT2D eigenvalue weighted by Crippen LogP contribution is -2.37. The molecule has 0 aromatic carbocycles. The minimum absolute atomic E-state index is 0.0740. The highest BCUT2D eigenvalue weighted by molar-refractivity contribution is 5.94. The Kier molecular flexibility index (Phi) is 4.07. The molecule has 3 rings (SSSR count). The summed E-state index contributed by atoms with van der Waals surface area (Å²) in [5.41, 5.74) is 3.59. The molecule has 24 heavy (non-hydrogen) atoms. The van der Waals surface area contributed by atoms with Crippen LogP contribution in [0.25, 0.3) is 0 Å². The number of nitrogens with zero attached hydrogens (tertiary/aromatic N) is 3. The summed E-state index contributed by atoms with van der Waals surface area (Å²) < 4.78 is 6.81. The molecule has 3 heterocycles. The number of rotatable bonds is 2. The normalized spacial score (nSPS) is 17.5. The molecule has 1 amide bonds. The van der Waals surface area contributed by atoms with Gasteiger partial charge in [-0.05, 0) is 52.2 Å². The molecule has 0 saturated carbocycles. The number of amides is 1. The first-order chi connectivity index (χ1) is 11.3. The Morgan fingerprint density at radius 3 is 2.62 bits per heavy atom. The van der Waals surface area contributed by atoms with Crippen LogP contribution in [0.1, 0.15) is 57.5 Å². The summed E-state index contributed by atoms with van der Waals surface area (Å²) >= 11 is 0. The highest BCUT2D eigenvalue weighted by atomic mass is 16.5. The van der Waals surface area contributed by atoms with E-state index >= 15 is 0 Å². The third-order valence-electron chi connectivity index (χ3n) is 5.14. The van der Waals surface area contributed by atoms with E-state index in [4.69, 9.17) is 4.52 Å². The molecule has 0 unspecified atom stereocenters. The average Bonchev–Trinajstić information content (AvgIpc) is 3.14. The van der Waals surface area contributed by atoms with Gasteiger partial charge in [-0.1, -0.05) is 5.16 Å². The van der Waals surface area contributed by atoms with Crippen molar-refractivity contribution in [2.24, 2.45) is 7.05 Å². The SMILES string of the molecule is Cc1cc(C(=O)N2CCC[C@H]2c2c(C)noc2C)c(=O)n(C)c1C. The highest BCUT2D eigenvalue weighted by Gasteiger charge is 2.35. The van der Waals surface area contributed by atoms with Gasteiger partial charge in [-0.25, -0.2) is 0 Å². The zero-order valence-electron chi connectivity index (χ0n) is 14.8. The number of carbonyl (C=O) groups excluding carboxylic acids is 1. The number of aromatic nitrogens is 2.